The molecule has 0 N–H and O–H groups in total. The highest BCUT2D eigenvalue weighted by atomic mass is 16.3. The van der Waals surface area contributed by atoms with Gasteiger partial charge in [0.25, 0.3) is 0 Å². The molecule has 0 atom stereocenters. The maximum absolute atomic E-state index is 6.41. The Balaban J connectivity index is 0.976. The van der Waals surface area contributed by atoms with Gasteiger partial charge in [-0.2, -0.15) is 0 Å². The van der Waals surface area contributed by atoms with Gasteiger partial charge in [0.2, 0.25) is 0 Å². The molecule has 11 aromatic rings. The van der Waals surface area contributed by atoms with Crippen LogP contribution in [0.4, 0.5) is 17.1 Å². The second-order valence-corrected chi connectivity index (χ2v) is 14.5. The molecule has 3 heteroatoms. The normalized spacial score (nSPS) is 11.5. The molecule has 3 nitrogen and oxygen atoms in total. The summed E-state index contributed by atoms with van der Waals surface area (Å²) in [7, 11) is 0. The molecule has 9 aromatic carbocycles. The Morgan fingerprint density at radius 1 is 0.333 bits per heavy atom. The van der Waals surface area contributed by atoms with E-state index in [4.69, 9.17) is 4.42 Å². The minimum absolute atomic E-state index is 0.905. The van der Waals surface area contributed by atoms with Gasteiger partial charge in [-0.15, -0.1) is 0 Å². The number of fused-ring (bicyclic) bond motifs is 6. The first kappa shape index (κ1) is 32.8. The Labute approximate surface area is 330 Å². The monoisotopic (exact) mass is 728 g/mol. The minimum atomic E-state index is 0.905. The summed E-state index contributed by atoms with van der Waals surface area (Å²) in [6.45, 7) is 0. The summed E-state index contributed by atoms with van der Waals surface area (Å²) in [4.78, 5) is 2.36. The number of anilines is 3. The molecule has 0 spiro atoms. The number of rotatable bonds is 7. The quantitative estimate of drug-likeness (QED) is 0.163. The average Bonchev–Trinajstić information content (AvgIpc) is 3.84. The van der Waals surface area contributed by atoms with E-state index in [-0.39, 0.29) is 0 Å². The summed E-state index contributed by atoms with van der Waals surface area (Å²) in [5, 5.41) is 4.80. The fraction of sp³-hybridized carbons (Fsp3) is 0. The van der Waals surface area contributed by atoms with Crippen molar-refractivity contribution < 1.29 is 4.42 Å². The van der Waals surface area contributed by atoms with E-state index in [1.165, 1.54) is 38.5 Å². The summed E-state index contributed by atoms with van der Waals surface area (Å²) < 4.78 is 8.78. The molecule has 0 aliphatic rings. The highest BCUT2D eigenvalue weighted by Crippen LogP contribution is 2.43. The van der Waals surface area contributed by atoms with Crippen LogP contribution >= 0.6 is 0 Å². The largest absolute Gasteiger partial charge is 0.455 e. The van der Waals surface area contributed by atoms with E-state index in [0.29, 0.717) is 0 Å². The van der Waals surface area contributed by atoms with Gasteiger partial charge < -0.3 is 13.9 Å². The van der Waals surface area contributed by atoms with Crippen LogP contribution < -0.4 is 4.90 Å². The van der Waals surface area contributed by atoms with Crippen molar-refractivity contribution in [2.24, 2.45) is 0 Å². The van der Waals surface area contributed by atoms with Crippen molar-refractivity contribution in [2.75, 3.05) is 4.90 Å². The van der Waals surface area contributed by atoms with Gasteiger partial charge >= 0.3 is 0 Å². The van der Waals surface area contributed by atoms with Crippen LogP contribution in [0, 0.1) is 0 Å². The van der Waals surface area contributed by atoms with Crippen molar-refractivity contribution in [1.29, 1.82) is 0 Å². The zero-order valence-electron chi connectivity index (χ0n) is 31.1. The first-order valence-electron chi connectivity index (χ1n) is 19.4. The van der Waals surface area contributed by atoms with Crippen LogP contribution in [0.1, 0.15) is 0 Å². The lowest BCUT2D eigenvalue weighted by molar-refractivity contribution is 0.670. The van der Waals surface area contributed by atoms with E-state index < -0.39 is 0 Å². The molecule has 57 heavy (non-hydrogen) atoms. The molecule has 0 aliphatic heterocycles. The molecule has 0 radical (unpaired) electrons. The van der Waals surface area contributed by atoms with Gasteiger partial charge in [0.05, 0.1) is 16.7 Å². The summed E-state index contributed by atoms with van der Waals surface area (Å²) in [5.74, 6) is 0. The number of hydrogen-bond acceptors (Lipinski definition) is 2. The fourth-order valence-corrected chi connectivity index (χ4v) is 8.53. The van der Waals surface area contributed by atoms with Gasteiger partial charge in [-0.25, -0.2) is 0 Å². The first-order chi connectivity index (χ1) is 28.3. The number of para-hydroxylation sites is 5. The molecule has 2 aromatic heterocycles. The smallest absolute Gasteiger partial charge is 0.143 e. The Morgan fingerprint density at radius 2 is 0.825 bits per heavy atom. The zero-order chi connectivity index (χ0) is 37.7. The predicted molar refractivity (Wildman–Crippen MR) is 239 cm³/mol. The molecule has 0 unspecified atom stereocenters. The molecule has 0 fully saturated rings. The molecule has 0 saturated carbocycles. The summed E-state index contributed by atoms with van der Waals surface area (Å²) >= 11 is 0. The third kappa shape index (κ3) is 5.60. The molecule has 0 amide bonds. The standard InChI is InChI=1S/C54H36N2O/c1-2-13-39(14-3-1)44-15-4-8-21-50(44)55(42-35-29-40(30-36-42)45-19-12-20-49-48-18-7-11-24-53(48)57-54(45)49)41-31-25-37(26-32-41)38-27-33-43(34-28-38)56-51-22-9-5-16-46(51)47-17-6-10-23-52(47)56/h1-36H. The maximum atomic E-state index is 6.41. The first-order valence-corrected chi connectivity index (χ1v) is 19.4. The Hall–Kier alpha value is -7.62. The van der Waals surface area contributed by atoms with Crippen molar-refractivity contribution in [1.82, 2.24) is 4.57 Å². The topological polar surface area (TPSA) is 21.3 Å². The average molecular weight is 729 g/mol. The Bertz CT molecular complexity index is 3160. The van der Waals surface area contributed by atoms with Gasteiger partial charge in [0, 0.05) is 49.7 Å². The van der Waals surface area contributed by atoms with E-state index in [0.717, 1.165) is 61.4 Å². The Morgan fingerprint density at radius 3 is 1.51 bits per heavy atom. The van der Waals surface area contributed by atoms with Gasteiger partial charge in [-0.05, 0) is 82.9 Å². The van der Waals surface area contributed by atoms with Crippen molar-refractivity contribution in [3.63, 3.8) is 0 Å². The van der Waals surface area contributed by atoms with Crippen LogP contribution in [0.3, 0.4) is 0 Å². The predicted octanol–water partition coefficient (Wildman–Crippen LogP) is 15.2. The third-order valence-electron chi connectivity index (χ3n) is 11.2. The highest BCUT2D eigenvalue weighted by molar-refractivity contribution is 6.10. The van der Waals surface area contributed by atoms with Crippen LogP contribution in [0.2, 0.25) is 0 Å². The number of furan rings is 1. The molecule has 0 aliphatic carbocycles. The molecule has 0 saturated heterocycles. The maximum Gasteiger partial charge on any atom is 0.143 e. The van der Waals surface area contributed by atoms with Crippen LogP contribution in [0.15, 0.2) is 223 Å². The van der Waals surface area contributed by atoms with E-state index in [2.05, 4.69) is 216 Å². The van der Waals surface area contributed by atoms with Crippen molar-refractivity contribution in [3.8, 4) is 39.1 Å². The van der Waals surface area contributed by atoms with Crippen LogP contribution in [-0.2, 0) is 0 Å². The van der Waals surface area contributed by atoms with Gasteiger partial charge in [-0.1, -0.05) is 158 Å². The molecular formula is C54H36N2O. The number of benzene rings is 9. The second-order valence-electron chi connectivity index (χ2n) is 14.5. The molecule has 0 bridgehead atoms. The summed E-state index contributed by atoms with van der Waals surface area (Å²) in [6.07, 6.45) is 0. The number of nitrogens with zero attached hydrogens (tertiary/aromatic N) is 2. The van der Waals surface area contributed by atoms with Gasteiger partial charge in [-0.3, -0.25) is 0 Å². The lowest BCUT2D eigenvalue weighted by Gasteiger charge is -2.28. The lowest BCUT2D eigenvalue weighted by Crippen LogP contribution is -2.11. The van der Waals surface area contributed by atoms with E-state index in [9.17, 15) is 0 Å². The van der Waals surface area contributed by atoms with Gasteiger partial charge in [0.15, 0.2) is 0 Å². The molecule has 268 valence electrons. The van der Waals surface area contributed by atoms with Crippen LogP contribution in [-0.4, -0.2) is 4.57 Å². The molecule has 2 heterocycles. The highest BCUT2D eigenvalue weighted by Gasteiger charge is 2.19. The number of aromatic nitrogens is 1. The summed E-state index contributed by atoms with van der Waals surface area (Å²) in [5.41, 5.74) is 15.5. The van der Waals surface area contributed by atoms with E-state index in [1.54, 1.807) is 0 Å². The third-order valence-corrected chi connectivity index (χ3v) is 11.2. The molecular weight excluding hydrogens is 693 g/mol. The van der Waals surface area contributed by atoms with E-state index in [1.807, 2.05) is 12.1 Å². The SMILES string of the molecule is c1ccc(-c2ccccc2N(c2ccc(-c3ccc(-n4c5ccccc5c5ccccc54)cc3)cc2)c2ccc(-c3cccc4c3oc3ccccc34)cc2)cc1. The fourth-order valence-electron chi connectivity index (χ4n) is 8.53. The van der Waals surface area contributed by atoms with Crippen LogP contribution in [0.25, 0.3) is 82.8 Å². The van der Waals surface area contributed by atoms with Gasteiger partial charge in [0.1, 0.15) is 11.2 Å². The van der Waals surface area contributed by atoms with Crippen molar-refractivity contribution in [2.45, 2.75) is 0 Å². The Kier molecular flexibility index (Phi) is 7.82. The zero-order valence-corrected chi connectivity index (χ0v) is 31.1. The van der Waals surface area contributed by atoms with E-state index >= 15 is 0 Å². The minimum Gasteiger partial charge on any atom is -0.455 e. The number of hydrogen-bond donors (Lipinski definition) is 0. The second kappa shape index (κ2) is 13.6. The summed E-state index contributed by atoms with van der Waals surface area (Å²) in [6, 6.07) is 78.0. The lowest BCUT2D eigenvalue weighted by atomic mass is 9.99. The van der Waals surface area contributed by atoms with Crippen molar-refractivity contribution in [3.05, 3.63) is 218 Å². The molecule has 11 rings (SSSR count). The van der Waals surface area contributed by atoms with Crippen LogP contribution in [0.5, 0.6) is 0 Å². The van der Waals surface area contributed by atoms with Crippen molar-refractivity contribution >= 4 is 60.8 Å².